The summed E-state index contributed by atoms with van der Waals surface area (Å²) in [6.45, 7) is 4.56. The number of benzene rings is 1. The molecule has 0 saturated carbocycles. The van der Waals surface area contributed by atoms with E-state index in [4.69, 9.17) is 23.2 Å². The Hall–Kier alpha value is -2.33. The van der Waals surface area contributed by atoms with E-state index in [9.17, 15) is 13.2 Å². The average Bonchev–Trinajstić information content (AvgIpc) is 3.31. The van der Waals surface area contributed by atoms with Gasteiger partial charge >= 0.3 is 0 Å². The van der Waals surface area contributed by atoms with Gasteiger partial charge in [-0.05, 0) is 23.8 Å². The summed E-state index contributed by atoms with van der Waals surface area (Å²) in [4.78, 5) is 12.9. The maximum Gasteiger partial charge on any atom is 0.273 e. The molecule has 8 nitrogen and oxygen atoms in total. The van der Waals surface area contributed by atoms with Crippen molar-refractivity contribution in [3.05, 3.63) is 64.0 Å². The molecule has 0 saturated heterocycles. The van der Waals surface area contributed by atoms with Crippen LogP contribution in [0.25, 0.3) is 0 Å². The highest BCUT2D eigenvalue weighted by molar-refractivity contribution is 7.89. The van der Waals surface area contributed by atoms with Crippen molar-refractivity contribution in [1.29, 1.82) is 0 Å². The number of aryl methyl sites for hydroxylation is 1. The number of hydrogen-bond donors (Lipinski definition) is 1. The SMILES string of the molecule is CCN(CC)S(=O)(=O)c1cc(C(=O)Nc2ccnn2Cc2ccc(Cl)cc2Cl)n(C)c1. The van der Waals surface area contributed by atoms with Crippen LogP contribution in [0.3, 0.4) is 0 Å². The number of sulfonamides is 1. The topological polar surface area (TPSA) is 89.2 Å². The van der Waals surface area contributed by atoms with E-state index in [-0.39, 0.29) is 10.6 Å². The maximum atomic E-state index is 12.9. The molecule has 31 heavy (non-hydrogen) atoms. The van der Waals surface area contributed by atoms with Crippen molar-refractivity contribution < 1.29 is 13.2 Å². The third-order valence-electron chi connectivity index (χ3n) is 4.85. The molecule has 0 aliphatic heterocycles. The van der Waals surface area contributed by atoms with E-state index in [1.165, 1.54) is 21.1 Å². The Bertz CT molecular complexity index is 1200. The minimum absolute atomic E-state index is 0.0744. The first-order valence-corrected chi connectivity index (χ1v) is 11.8. The summed E-state index contributed by atoms with van der Waals surface area (Å²) in [6, 6.07) is 8.19. The molecule has 0 unspecified atom stereocenters. The number of carbonyl (C=O) groups excluding carboxylic acids is 1. The molecular weight excluding hydrogens is 461 g/mol. The smallest absolute Gasteiger partial charge is 0.273 e. The Balaban J connectivity index is 1.82. The molecular formula is C20H23Cl2N5O3S. The van der Waals surface area contributed by atoms with Crippen LogP contribution >= 0.6 is 23.2 Å². The quantitative estimate of drug-likeness (QED) is 0.526. The third-order valence-corrected chi connectivity index (χ3v) is 7.45. The molecule has 0 fully saturated rings. The van der Waals surface area contributed by atoms with Crippen molar-refractivity contribution in [3.63, 3.8) is 0 Å². The van der Waals surface area contributed by atoms with Crippen LogP contribution in [0.1, 0.15) is 29.9 Å². The Morgan fingerprint density at radius 3 is 2.52 bits per heavy atom. The lowest BCUT2D eigenvalue weighted by atomic mass is 10.2. The zero-order valence-corrected chi connectivity index (χ0v) is 19.7. The van der Waals surface area contributed by atoms with Crippen molar-refractivity contribution in [1.82, 2.24) is 18.7 Å². The highest BCUT2D eigenvalue weighted by Gasteiger charge is 2.25. The van der Waals surface area contributed by atoms with Gasteiger partial charge in [0.25, 0.3) is 5.91 Å². The van der Waals surface area contributed by atoms with E-state index in [0.29, 0.717) is 35.5 Å². The number of rotatable bonds is 8. The monoisotopic (exact) mass is 483 g/mol. The van der Waals surface area contributed by atoms with Crippen LogP contribution in [-0.2, 0) is 23.6 Å². The molecule has 0 spiro atoms. The summed E-state index contributed by atoms with van der Waals surface area (Å²) in [5, 5.41) is 8.04. The van der Waals surface area contributed by atoms with Gasteiger partial charge in [0.2, 0.25) is 10.0 Å². The van der Waals surface area contributed by atoms with Crippen LogP contribution in [-0.4, -0.2) is 46.1 Å². The summed E-state index contributed by atoms with van der Waals surface area (Å²) < 4.78 is 29.9. The minimum Gasteiger partial charge on any atom is -0.345 e. The van der Waals surface area contributed by atoms with Gasteiger partial charge in [0.05, 0.1) is 12.7 Å². The molecule has 2 aromatic heterocycles. The molecule has 1 amide bonds. The number of nitrogens with one attached hydrogen (secondary N) is 1. The van der Waals surface area contributed by atoms with Crippen molar-refractivity contribution in [2.75, 3.05) is 18.4 Å². The van der Waals surface area contributed by atoms with E-state index in [0.717, 1.165) is 5.56 Å². The van der Waals surface area contributed by atoms with Gasteiger partial charge in [0.15, 0.2) is 0 Å². The van der Waals surface area contributed by atoms with E-state index in [1.807, 2.05) is 0 Å². The minimum atomic E-state index is -3.67. The number of carbonyl (C=O) groups is 1. The van der Waals surface area contributed by atoms with Crippen LogP contribution in [0, 0.1) is 0 Å². The number of nitrogens with zero attached hydrogens (tertiary/aromatic N) is 4. The number of hydrogen-bond acceptors (Lipinski definition) is 4. The van der Waals surface area contributed by atoms with E-state index >= 15 is 0 Å². The van der Waals surface area contributed by atoms with Gasteiger partial charge in [-0.25, -0.2) is 13.1 Å². The third kappa shape index (κ3) is 4.95. The number of amides is 1. The highest BCUT2D eigenvalue weighted by Crippen LogP contribution is 2.23. The van der Waals surface area contributed by atoms with E-state index in [1.54, 1.807) is 56.0 Å². The zero-order valence-electron chi connectivity index (χ0n) is 17.3. The van der Waals surface area contributed by atoms with Crippen LogP contribution in [0.15, 0.2) is 47.6 Å². The molecule has 3 rings (SSSR count). The molecule has 11 heteroatoms. The zero-order chi connectivity index (χ0) is 22.8. The molecule has 0 radical (unpaired) electrons. The fourth-order valence-corrected chi connectivity index (χ4v) is 5.17. The first-order chi connectivity index (χ1) is 14.7. The fourth-order valence-electron chi connectivity index (χ4n) is 3.17. The standard InChI is InChI=1S/C20H23Cl2N5O3S/c1-4-26(5-2)31(29,30)16-11-18(25(3)13-16)20(28)24-19-8-9-23-27(19)12-14-6-7-15(21)10-17(14)22/h6-11,13H,4-5,12H2,1-3H3,(H,24,28). The lowest BCUT2D eigenvalue weighted by Crippen LogP contribution is -2.30. The maximum absolute atomic E-state index is 12.9. The van der Waals surface area contributed by atoms with Gasteiger partial charge in [-0.1, -0.05) is 43.1 Å². The summed E-state index contributed by atoms with van der Waals surface area (Å²) in [6.07, 6.45) is 2.99. The molecule has 166 valence electrons. The first-order valence-electron chi connectivity index (χ1n) is 9.61. The number of halogens is 2. The fraction of sp³-hybridized carbons (Fsp3) is 0.300. The lowest BCUT2D eigenvalue weighted by Gasteiger charge is -2.17. The van der Waals surface area contributed by atoms with E-state index in [2.05, 4.69) is 10.4 Å². The number of anilines is 1. The Labute approximate surface area is 191 Å². The largest absolute Gasteiger partial charge is 0.345 e. The van der Waals surface area contributed by atoms with Gasteiger partial charge in [0.1, 0.15) is 16.4 Å². The second kappa shape index (κ2) is 9.44. The molecule has 3 aromatic rings. The predicted molar refractivity (Wildman–Crippen MR) is 121 cm³/mol. The molecule has 1 N–H and O–H groups in total. The Morgan fingerprint density at radius 2 is 1.87 bits per heavy atom. The molecule has 0 bridgehead atoms. The normalized spacial score (nSPS) is 11.8. The highest BCUT2D eigenvalue weighted by atomic mass is 35.5. The summed E-state index contributed by atoms with van der Waals surface area (Å²) in [7, 11) is -2.04. The Morgan fingerprint density at radius 1 is 1.16 bits per heavy atom. The summed E-state index contributed by atoms with van der Waals surface area (Å²) >= 11 is 12.2. The molecule has 0 aliphatic rings. The molecule has 0 aliphatic carbocycles. The van der Waals surface area contributed by atoms with Crippen molar-refractivity contribution in [2.45, 2.75) is 25.3 Å². The Kier molecular flexibility index (Phi) is 7.10. The lowest BCUT2D eigenvalue weighted by molar-refractivity contribution is 0.101. The van der Waals surface area contributed by atoms with Crippen molar-refractivity contribution >= 4 is 45.0 Å². The van der Waals surface area contributed by atoms with Crippen LogP contribution in [0.2, 0.25) is 10.0 Å². The van der Waals surface area contributed by atoms with Gasteiger partial charge in [-0.2, -0.15) is 9.40 Å². The molecule has 2 heterocycles. The first kappa shape index (κ1) is 23.3. The second-order valence-electron chi connectivity index (χ2n) is 6.83. The van der Waals surface area contributed by atoms with Crippen LogP contribution in [0.5, 0.6) is 0 Å². The van der Waals surface area contributed by atoms with Crippen molar-refractivity contribution in [3.8, 4) is 0 Å². The van der Waals surface area contributed by atoms with Gasteiger partial charge in [-0.3, -0.25) is 4.79 Å². The van der Waals surface area contributed by atoms with Gasteiger partial charge < -0.3 is 9.88 Å². The van der Waals surface area contributed by atoms with Gasteiger partial charge in [-0.15, -0.1) is 0 Å². The van der Waals surface area contributed by atoms with Gasteiger partial charge in [0, 0.05) is 42.4 Å². The predicted octanol–water partition coefficient (Wildman–Crippen LogP) is 3.86. The van der Waals surface area contributed by atoms with Crippen molar-refractivity contribution in [2.24, 2.45) is 7.05 Å². The summed E-state index contributed by atoms with van der Waals surface area (Å²) in [5.41, 5.74) is 1.000. The van der Waals surface area contributed by atoms with Crippen LogP contribution in [0.4, 0.5) is 5.82 Å². The molecule has 1 aromatic carbocycles. The molecule has 0 atom stereocenters. The second-order valence-corrected chi connectivity index (χ2v) is 9.61. The van der Waals surface area contributed by atoms with E-state index < -0.39 is 15.9 Å². The van der Waals surface area contributed by atoms with Crippen LogP contribution < -0.4 is 5.32 Å². The summed E-state index contributed by atoms with van der Waals surface area (Å²) in [5.74, 6) is -0.00202. The number of aromatic nitrogens is 3. The average molecular weight is 484 g/mol.